The van der Waals surface area contributed by atoms with E-state index >= 15 is 0 Å². The number of nitrogen functional groups attached to an aromatic ring is 1. The van der Waals surface area contributed by atoms with Gasteiger partial charge in [-0.25, -0.2) is 0 Å². The summed E-state index contributed by atoms with van der Waals surface area (Å²) in [5.74, 6) is 0.644. The average molecular weight is 270 g/mol. The van der Waals surface area contributed by atoms with E-state index in [4.69, 9.17) is 10.5 Å². The van der Waals surface area contributed by atoms with Crippen LogP contribution in [0.3, 0.4) is 0 Å². The summed E-state index contributed by atoms with van der Waals surface area (Å²) in [4.78, 5) is 11.6. The summed E-state index contributed by atoms with van der Waals surface area (Å²) >= 11 is 0. The molecular weight excluding hydrogens is 252 g/mol. The van der Waals surface area contributed by atoms with Crippen LogP contribution in [0.4, 0.5) is 11.4 Å². The number of carbonyl (C=O) groups is 1. The van der Waals surface area contributed by atoms with Gasteiger partial charge in [-0.15, -0.1) is 0 Å². The third kappa shape index (κ3) is 5.79. The second-order valence-electron chi connectivity index (χ2n) is 3.76. The molecule has 1 amide bonds. The third-order valence-electron chi connectivity index (χ3n) is 2.24. The van der Waals surface area contributed by atoms with E-state index in [9.17, 15) is 9.00 Å². The van der Waals surface area contributed by atoms with Crippen molar-refractivity contribution in [3.63, 3.8) is 0 Å². The second kappa shape index (κ2) is 7.84. The molecule has 3 N–H and O–H groups in total. The van der Waals surface area contributed by atoms with E-state index in [0.717, 1.165) is 0 Å². The first-order chi connectivity index (χ1) is 8.61. The summed E-state index contributed by atoms with van der Waals surface area (Å²) in [5.41, 5.74) is 6.85. The van der Waals surface area contributed by atoms with E-state index in [1.165, 1.54) is 0 Å². The summed E-state index contributed by atoms with van der Waals surface area (Å²) in [7, 11) is 0.546. The molecule has 5 nitrogen and oxygen atoms in total. The highest BCUT2D eigenvalue weighted by Gasteiger charge is 2.06. The van der Waals surface area contributed by atoms with Crippen LogP contribution in [0.5, 0.6) is 0 Å². The number of amides is 1. The van der Waals surface area contributed by atoms with Crippen LogP contribution in [0.2, 0.25) is 0 Å². The summed E-state index contributed by atoms with van der Waals surface area (Å²) in [6.07, 6.45) is 0.227. The Morgan fingerprint density at radius 2 is 2.22 bits per heavy atom. The highest BCUT2D eigenvalue weighted by atomic mass is 32.2. The number of anilines is 2. The molecule has 0 spiro atoms. The molecule has 1 rings (SSSR count). The van der Waals surface area contributed by atoms with Crippen molar-refractivity contribution in [3.05, 3.63) is 24.3 Å². The Bertz CT molecular complexity index is 424. The summed E-state index contributed by atoms with van der Waals surface area (Å²) in [6.45, 7) is 0.448. The van der Waals surface area contributed by atoms with Crippen LogP contribution < -0.4 is 11.1 Å². The Kier molecular flexibility index (Phi) is 6.38. The largest absolute Gasteiger partial charge is 0.399 e. The normalized spacial score (nSPS) is 12.1. The number of carbonyl (C=O) groups excluding carboxylic acids is 1. The first kappa shape index (κ1) is 14.7. The van der Waals surface area contributed by atoms with E-state index in [1.807, 2.05) is 0 Å². The van der Waals surface area contributed by atoms with Crippen molar-refractivity contribution in [2.24, 2.45) is 0 Å². The van der Waals surface area contributed by atoms with Gasteiger partial charge in [0.25, 0.3) is 0 Å². The first-order valence-electron chi connectivity index (χ1n) is 5.61. The average Bonchev–Trinajstić information content (AvgIpc) is 2.34. The summed E-state index contributed by atoms with van der Waals surface area (Å²) in [6, 6.07) is 6.95. The molecule has 1 atom stereocenters. The molecule has 0 aliphatic rings. The van der Waals surface area contributed by atoms with Crippen LogP contribution in [-0.2, 0) is 20.3 Å². The topological polar surface area (TPSA) is 81.4 Å². The van der Waals surface area contributed by atoms with E-state index < -0.39 is 10.8 Å². The fraction of sp³-hybridized carbons (Fsp3) is 0.417. The zero-order valence-corrected chi connectivity index (χ0v) is 11.2. The van der Waals surface area contributed by atoms with E-state index in [0.29, 0.717) is 29.5 Å². The fourth-order valence-electron chi connectivity index (χ4n) is 1.32. The van der Waals surface area contributed by atoms with Gasteiger partial charge in [0.1, 0.15) is 0 Å². The van der Waals surface area contributed by atoms with Gasteiger partial charge in [0.15, 0.2) is 0 Å². The van der Waals surface area contributed by atoms with Crippen molar-refractivity contribution in [2.45, 2.75) is 6.42 Å². The lowest BCUT2D eigenvalue weighted by Crippen LogP contribution is -2.17. The van der Waals surface area contributed by atoms with Gasteiger partial charge in [-0.3, -0.25) is 9.00 Å². The van der Waals surface area contributed by atoms with Crippen molar-refractivity contribution in [3.8, 4) is 0 Å². The molecule has 0 saturated heterocycles. The van der Waals surface area contributed by atoms with Crippen LogP contribution in [0, 0.1) is 0 Å². The van der Waals surface area contributed by atoms with Crippen molar-refractivity contribution < 1.29 is 13.7 Å². The van der Waals surface area contributed by atoms with Crippen molar-refractivity contribution in [1.29, 1.82) is 0 Å². The number of methoxy groups -OCH3 is 1. The molecule has 6 heteroatoms. The molecule has 18 heavy (non-hydrogen) atoms. The predicted molar refractivity (Wildman–Crippen MR) is 73.9 cm³/mol. The maximum Gasteiger partial charge on any atom is 0.225 e. The molecule has 1 aromatic rings. The van der Waals surface area contributed by atoms with Gasteiger partial charge in [-0.05, 0) is 18.2 Å². The van der Waals surface area contributed by atoms with E-state index in [-0.39, 0.29) is 12.3 Å². The molecule has 1 aromatic carbocycles. The van der Waals surface area contributed by atoms with Gasteiger partial charge in [-0.2, -0.15) is 0 Å². The molecule has 0 fully saturated rings. The number of nitrogens with one attached hydrogen (secondary N) is 1. The molecule has 0 aromatic heterocycles. The van der Waals surface area contributed by atoms with Gasteiger partial charge in [-0.1, -0.05) is 6.07 Å². The quantitative estimate of drug-likeness (QED) is 0.724. The molecule has 0 saturated carbocycles. The molecule has 100 valence electrons. The number of nitrogens with two attached hydrogens (primary N) is 1. The molecular formula is C12H18N2O3S. The van der Waals surface area contributed by atoms with Crippen LogP contribution >= 0.6 is 0 Å². The van der Waals surface area contributed by atoms with Gasteiger partial charge in [0.2, 0.25) is 5.91 Å². The van der Waals surface area contributed by atoms with Crippen LogP contribution in [0.15, 0.2) is 24.3 Å². The Morgan fingerprint density at radius 3 is 2.89 bits per heavy atom. The SMILES string of the molecule is COCCS(=O)CCC(=O)Nc1cccc(N)c1. The second-order valence-corrected chi connectivity index (χ2v) is 5.46. The van der Waals surface area contributed by atoms with Crippen LogP contribution in [0.1, 0.15) is 6.42 Å². The Balaban J connectivity index is 2.31. The van der Waals surface area contributed by atoms with Crippen molar-refractivity contribution >= 4 is 28.1 Å². The minimum atomic E-state index is -1.01. The Morgan fingerprint density at radius 1 is 1.44 bits per heavy atom. The number of hydrogen-bond acceptors (Lipinski definition) is 4. The summed E-state index contributed by atoms with van der Waals surface area (Å²) < 4.78 is 16.3. The van der Waals surface area contributed by atoms with Crippen LogP contribution in [0.25, 0.3) is 0 Å². The lowest BCUT2D eigenvalue weighted by Gasteiger charge is -2.06. The fourth-order valence-corrected chi connectivity index (χ4v) is 2.29. The van der Waals surface area contributed by atoms with Crippen molar-refractivity contribution in [1.82, 2.24) is 0 Å². The predicted octanol–water partition coefficient (Wildman–Crippen LogP) is 0.992. The number of ether oxygens (including phenoxy) is 1. The van der Waals surface area contributed by atoms with Gasteiger partial charge < -0.3 is 15.8 Å². The maximum atomic E-state index is 11.6. The lowest BCUT2D eigenvalue weighted by molar-refractivity contribution is -0.115. The minimum absolute atomic E-state index is 0.161. The van der Waals surface area contributed by atoms with E-state index in [1.54, 1.807) is 31.4 Å². The molecule has 1 unspecified atom stereocenters. The highest BCUT2D eigenvalue weighted by molar-refractivity contribution is 7.85. The number of benzene rings is 1. The standard InChI is InChI=1S/C12H18N2O3S/c1-17-6-8-18(16)7-5-12(15)14-11-4-2-3-10(13)9-11/h2-4,9H,5-8,13H2,1H3,(H,14,15). The molecule has 0 radical (unpaired) electrons. The number of rotatable bonds is 7. The smallest absolute Gasteiger partial charge is 0.225 e. The zero-order valence-electron chi connectivity index (χ0n) is 10.3. The first-order valence-corrected chi connectivity index (χ1v) is 7.10. The molecule has 0 bridgehead atoms. The monoisotopic (exact) mass is 270 g/mol. The summed E-state index contributed by atoms with van der Waals surface area (Å²) in [5, 5.41) is 2.71. The Labute approximate surface area is 109 Å². The van der Waals surface area contributed by atoms with E-state index in [2.05, 4.69) is 5.32 Å². The third-order valence-corrected chi connectivity index (χ3v) is 3.52. The molecule has 0 aliphatic carbocycles. The Hall–Kier alpha value is -1.40. The minimum Gasteiger partial charge on any atom is -0.399 e. The number of hydrogen-bond donors (Lipinski definition) is 2. The molecule has 0 aliphatic heterocycles. The zero-order chi connectivity index (χ0) is 13.4. The molecule has 0 heterocycles. The van der Waals surface area contributed by atoms with Gasteiger partial charge in [0.05, 0.1) is 6.61 Å². The van der Waals surface area contributed by atoms with Gasteiger partial charge >= 0.3 is 0 Å². The van der Waals surface area contributed by atoms with Crippen molar-refractivity contribution in [2.75, 3.05) is 36.3 Å². The van der Waals surface area contributed by atoms with Gasteiger partial charge in [0, 0.05) is 47.2 Å². The maximum absolute atomic E-state index is 11.6. The lowest BCUT2D eigenvalue weighted by atomic mass is 10.3. The van der Waals surface area contributed by atoms with Crippen LogP contribution in [-0.4, -0.2) is 35.3 Å². The highest BCUT2D eigenvalue weighted by Crippen LogP contribution is 2.11.